The van der Waals surface area contributed by atoms with Crippen molar-refractivity contribution in [3.8, 4) is 23.1 Å². The topological polar surface area (TPSA) is 131 Å². The third kappa shape index (κ3) is 6.46. The molecule has 266 valence electrons. The number of rotatable bonds is 10. The molecule has 50 heavy (non-hydrogen) atoms. The maximum atomic E-state index is 16.6. The van der Waals surface area contributed by atoms with Crippen molar-refractivity contribution in [1.82, 2.24) is 30.5 Å². The maximum absolute atomic E-state index is 16.6. The highest BCUT2D eigenvalue weighted by atomic mass is 19.1. The van der Waals surface area contributed by atoms with E-state index < -0.39 is 40.5 Å². The van der Waals surface area contributed by atoms with E-state index in [1.54, 1.807) is 24.3 Å². The van der Waals surface area contributed by atoms with Crippen LogP contribution in [0.4, 0.5) is 18.0 Å². The van der Waals surface area contributed by atoms with E-state index in [2.05, 4.69) is 30.5 Å². The summed E-state index contributed by atoms with van der Waals surface area (Å²) in [6, 6.07) is 7.86. The molecular weight excluding hydrogens is 653 g/mol. The van der Waals surface area contributed by atoms with Gasteiger partial charge in [-0.2, -0.15) is 4.98 Å². The van der Waals surface area contributed by atoms with Gasteiger partial charge in [0.05, 0.1) is 24.8 Å². The Balaban J connectivity index is 1.18. The Morgan fingerprint density at radius 1 is 1.14 bits per heavy atom. The summed E-state index contributed by atoms with van der Waals surface area (Å²) in [4.78, 5) is 39.1. The van der Waals surface area contributed by atoms with Crippen molar-refractivity contribution >= 4 is 27.8 Å². The average Bonchev–Trinajstić information content (AvgIpc) is 3.62. The number of hydrogen-bond acceptors (Lipinski definition) is 9. The molecule has 14 heteroatoms. The van der Waals surface area contributed by atoms with Gasteiger partial charge in [0.2, 0.25) is 5.88 Å². The lowest BCUT2D eigenvalue weighted by atomic mass is 9.93. The fraction of sp³-hybridized carbons (Fsp3) is 0.500. The molecule has 3 aliphatic heterocycles. The van der Waals surface area contributed by atoms with Crippen LogP contribution in [0.15, 0.2) is 35.1 Å². The van der Waals surface area contributed by atoms with Gasteiger partial charge in [0.25, 0.3) is 11.6 Å². The second-order valence-electron chi connectivity index (χ2n) is 13.9. The summed E-state index contributed by atoms with van der Waals surface area (Å²) in [6.45, 7) is 4.75. The van der Waals surface area contributed by atoms with Crippen molar-refractivity contribution in [2.24, 2.45) is 0 Å². The van der Waals surface area contributed by atoms with Crippen LogP contribution in [-0.4, -0.2) is 89.7 Å². The number of carbonyl (C=O) groups is 1. The Labute approximate surface area is 286 Å². The minimum absolute atomic E-state index is 0.0459. The number of aryl methyl sites for hydroxylation is 1. The second kappa shape index (κ2) is 13.7. The Morgan fingerprint density at radius 2 is 2.00 bits per heavy atom. The smallest absolute Gasteiger partial charge is 0.407 e. The zero-order valence-electron chi connectivity index (χ0n) is 28.2. The monoisotopic (exact) mass is 694 g/mol. The predicted octanol–water partition coefficient (Wildman–Crippen LogP) is 5.18. The number of aromatic amines is 1. The number of amides is 1. The molecule has 3 saturated heterocycles. The molecule has 0 saturated carbocycles. The standard InChI is InChI=1S/C36H41F3N6O5/c1-35(12-5-14-40-19-35)44-34(47)49-16-4-9-23-25(38)11-10-21-7-3-8-24(26(21)23)29-28(39)30-27(32(41-29)48-2)31(46)43-33(42-30)50-20-36-13-6-15-45(36)18-22(37)17-36/h3,7-8,10-11,22,40H,4-6,9,12-20H2,1-2H3,(H,44,47)(H,42,43,46)/t22-,35-,36+/m1/s1. The molecule has 0 radical (unpaired) electrons. The van der Waals surface area contributed by atoms with Crippen LogP contribution in [0.25, 0.3) is 32.9 Å². The molecule has 3 aliphatic rings. The minimum Gasteiger partial charge on any atom is -0.480 e. The summed E-state index contributed by atoms with van der Waals surface area (Å²) >= 11 is 0. The number of pyridine rings is 1. The second-order valence-corrected chi connectivity index (χ2v) is 13.9. The van der Waals surface area contributed by atoms with E-state index in [1.807, 2.05) is 6.92 Å². The summed E-state index contributed by atoms with van der Waals surface area (Å²) in [5.74, 6) is -1.57. The first-order chi connectivity index (χ1) is 24.1. The van der Waals surface area contributed by atoms with Gasteiger partial charge in [0, 0.05) is 25.1 Å². The number of nitrogens with zero attached hydrogens (tertiary/aromatic N) is 3. The molecule has 2 aromatic heterocycles. The fourth-order valence-electron chi connectivity index (χ4n) is 7.90. The summed E-state index contributed by atoms with van der Waals surface area (Å²) in [5.41, 5.74) is -1.54. The number of hydrogen-bond donors (Lipinski definition) is 3. The number of H-pyrrole nitrogens is 1. The first-order valence-corrected chi connectivity index (χ1v) is 17.2. The van der Waals surface area contributed by atoms with Crippen molar-refractivity contribution in [2.45, 2.75) is 69.1 Å². The van der Waals surface area contributed by atoms with Crippen LogP contribution >= 0.6 is 0 Å². The highest BCUT2D eigenvalue weighted by molar-refractivity contribution is 6.00. The molecule has 3 atom stereocenters. The zero-order chi connectivity index (χ0) is 35.0. The van der Waals surface area contributed by atoms with Crippen molar-refractivity contribution < 1.29 is 32.2 Å². The Hall–Kier alpha value is -4.43. The number of fused-ring (bicyclic) bond motifs is 3. The SMILES string of the molecule is COc1nc(-c2cccc3ccc(F)c(CCCOC(=O)N[C@]4(C)CCCNC4)c23)c(F)c2nc(OC[C@@]34CCCN3C[C@H](F)C4)[nH]c(=O)c12. The molecule has 5 heterocycles. The van der Waals surface area contributed by atoms with E-state index in [1.165, 1.54) is 13.2 Å². The molecule has 1 amide bonds. The van der Waals surface area contributed by atoms with Crippen molar-refractivity contribution in [3.63, 3.8) is 0 Å². The number of piperidine rings is 1. The van der Waals surface area contributed by atoms with Gasteiger partial charge in [0.15, 0.2) is 5.82 Å². The van der Waals surface area contributed by atoms with Crippen molar-refractivity contribution in [1.29, 1.82) is 0 Å². The molecule has 0 aliphatic carbocycles. The van der Waals surface area contributed by atoms with Gasteiger partial charge in [-0.05, 0) is 80.9 Å². The highest BCUT2D eigenvalue weighted by Gasteiger charge is 2.49. The lowest BCUT2D eigenvalue weighted by Crippen LogP contribution is -2.55. The molecule has 7 rings (SSSR count). The fourth-order valence-corrected chi connectivity index (χ4v) is 7.90. The van der Waals surface area contributed by atoms with Gasteiger partial charge < -0.3 is 24.8 Å². The van der Waals surface area contributed by atoms with Crippen LogP contribution in [0.5, 0.6) is 11.9 Å². The summed E-state index contributed by atoms with van der Waals surface area (Å²) in [5, 5.41) is 7.06. The number of benzene rings is 2. The lowest BCUT2D eigenvalue weighted by molar-refractivity contribution is 0.107. The third-order valence-corrected chi connectivity index (χ3v) is 10.3. The normalized spacial score (nSPS) is 23.7. The van der Waals surface area contributed by atoms with Crippen molar-refractivity contribution in [3.05, 3.63) is 57.9 Å². The van der Waals surface area contributed by atoms with E-state index in [4.69, 9.17) is 14.2 Å². The van der Waals surface area contributed by atoms with E-state index in [0.29, 0.717) is 42.3 Å². The molecule has 0 bridgehead atoms. The van der Waals surface area contributed by atoms with Crippen molar-refractivity contribution in [2.75, 3.05) is 46.5 Å². The summed E-state index contributed by atoms with van der Waals surface area (Å²) in [6.07, 6.45) is 2.75. The third-order valence-electron chi connectivity index (χ3n) is 10.3. The van der Waals surface area contributed by atoms with Gasteiger partial charge >= 0.3 is 6.09 Å². The average molecular weight is 695 g/mol. The Kier molecular flexibility index (Phi) is 9.33. The number of alkyl carbamates (subject to hydrolysis) is 1. The quantitative estimate of drug-likeness (QED) is 0.192. The summed E-state index contributed by atoms with van der Waals surface area (Å²) < 4.78 is 63.3. The first kappa shape index (κ1) is 34.0. The molecular formula is C36H41F3N6O5. The number of halogens is 3. The zero-order valence-corrected chi connectivity index (χ0v) is 28.2. The number of alkyl halides is 1. The van der Waals surface area contributed by atoms with E-state index >= 15 is 8.78 Å². The minimum atomic E-state index is -0.965. The first-order valence-electron chi connectivity index (χ1n) is 17.2. The molecule has 11 nitrogen and oxygen atoms in total. The van der Waals surface area contributed by atoms with Gasteiger partial charge in [-0.1, -0.05) is 24.3 Å². The van der Waals surface area contributed by atoms with Gasteiger partial charge in [-0.15, -0.1) is 0 Å². The van der Waals surface area contributed by atoms with Crippen LogP contribution < -0.4 is 25.7 Å². The molecule has 3 N–H and O–H groups in total. The van der Waals surface area contributed by atoms with Gasteiger partial charge in [-0.25, -0.2) is 22.9 Å². The predicted molar refractivity (Wildman–Crippen MR) is 181 cm³/mol. The largest absolute Gasteiger partial charge is 0.480 e. The number of ether oxygens (including phenoxy) is 3. The number of aromatic nitrogens is 3. The number of methoxy groups -OCH3 is 1. The highest BCUT2D eigenvalue weighted by Crippen LogP contribution is 2.41. The van der Waals surface area contributed by atoms with Crippen LogP contribution in [0.2, 0.25) is 0 Å². The molecule has 0 unspecified atom stereocenters. The van der Waals surface area contributed by atoms with E-state index in [-0.39, 0.29) is 53.7 Å². The van der Waals surface area contributed by atoms with Crippen LogP contribution in [0, 0.1) is 11.6 Å². The molecule has 3 fully saturated rings. The molecule has 2 aromatic carbocycles. The molecule has 4 aromatic rings. The van der Waals surface area contributed by atoms with Crippen LogP contribution in [0.3, 0.4) is 0 Å². The van der Waals surface area contributed by atoms with Gasteiger partial charge in [0.1, 0.15) is 35.2 Å². The Morgan fingerprint density at radius 3 is 2.80 bits per heavy atom. The van der Waals surface area contributed by atoms with E-state index in [9.17, 15) is 14.0 Å². The molecule has 0 spiro atoms. The number of carbonyl (C=O) groups excluding carboxylic acids is 1. The van der Waals surface area contributed by atoms with Gasteiger partial charge in [-0.3, -0.25) is 14.7 Å². The Bertz CT molecular complexity index is 1990. The van der Waals surface area contributed by atoms with Crippen LogP contribution in [-0.2, 0) is 11.2 Å². The van der Waals surface area contributed by atoms with Crippen LogP contribution in [0.1, 0.15) is 51.0 Å². The summed E-state index contributed by atoms with van der Waals surface area (Å²) in [7, 11) is 1.31. The number of nitrogens with one attached hydrogen (secondary N) is 3. The maximum Gasteiger partial charge on any atom is 0.407 e. The lowest BCUT2D eigenvalue weighted by Gasteiger charge is -2.34. The van der Waals surface area contributed by atoms with E-state index in [0.717, 1.165) is 38.8 Å².